The van der Waals surface area contributed by atoms with Crippen molar-refractivity contribution in [3.63, 3.8) is 0 Å². The number of aromatic nitrogens is 4. The molecule has 2 aromatic heterocycles. The Morgan fingerprint density at radius 2 is 1.71 bits per heavy atom. The molecule has 51 heavy (non-hydrogen) atoms. The van der Waals surface area contributed by atoms with Gasteiger partial charge in [-0.25, -0.2) is 23.3 Å². The fourth-order valence-electron chi connectivity index (χ4n) is 4.91. The molecule has 2 heterocycles. The van der Waals surface area contributed by atoms with Gasteiger partial charge in [-0.3, -0.25) is 23.5 Å². The predicted octanol–water partition coefficient (Wildman–Crippen LogP) is 7.79. The molecule has 0 saturated carbocycles. The average Bonchev–Trinajstić information content (AvgIpc) is 3.46. The molecule has 2 aromatic carbocycles. The van der Waals surface area contributed by atoms with Crippen molar-refractivity contribution in [2.24, 2.45) is 0 Å². The van der Waals surface area contributed by atoms with E-state index in [1.165, 1.54) is 18.5 Å². The highest BCUT2D eigenvalue weighted by molar-refractivity contribution is 7.48. The minimum absolute atomic E-state index is 0.135. The third-order valence-corrected chi connectivity index (χ3v) is 9.12. The van der Waals surface area contributed by atoms with Crippen LogP contribution in [0.3, 0.4) is 0 Å². The van der Waals surface area contributed by atoms with E-state index in [0.717, 1.165) is 37.4 Å². The number of aromatic amines is 1. The van der Waals surface area contributed by atoms with Crippen molar-refractivity contribution in [1.29, 1.82) is 0 Å². The van der Waals surface area contributed by atoms with Crippen LogP contribution in [0.5, 0.6) is 5.75 Å². The molecule has 0 spiro atoms. The summed E-state index contributed by atoms with van der Waals surface area (Å²) in [6, 6.07) is 10.7. The zero-order valence-electron chi connectivity index (χ0n) is 30.2. The molecule has 0 radical (unpaired) electrons. The van der Waals surface area contributed by atoms with E-state index in [-0.39, 0.29) is 18.7 Å². The molecule has 0 aliphatic carbocycles. The minimum atomic E-state index is -3.75. The van der Waals surface area contributed by atoms with Gasteiger partial charge in [-0.1, -0.05) is 13.0 Å². The van der Waals surface area contributed by atoms with E-state index in [0.29, 0.717) is 41.7 Å². The molecule has 3 N–H and O–H groups in total. The Kier molecular flexibility index (Phi) is 13.6. The number of phosphoric ester groups is 1. The number of fused-ring (bicyclic) bond motifs is 1. The highest BCUT2D eigenvalue weighted by atomic mass is 31.2. The van der Waals surface area contributed by atoms with Crippen LogP contribution in [0.2, 0.25) is 0 Å². The van der Waals surface area contributed by atoms with E-state index in [9.17, 15) is 18.1 Å². The second-order valence-corrected chi connectivity index (χ2v) is 15.3. The maximum atomic E-state index is 13.9. The first kappa shape index (κ1) is 39.8. The fourth-order valence-corrected chi connectivity index (χ4v) is 6.70. The van der Waals surface area contributed by atoms with E-state index in [1.807, 2.05) is 59.7 Å². The van der Waals surface area contributed by atoms with Gasteiger partial charge in [-0.15, -0.1) is 0 Å². The summed E-state index contributed by atoms with van der Waals surface area (Å²) in [5, 5.41) is 13.2. The molecular formula is C35H48F2N7O6P. The van der Waals surface area contributed by atoms with E-state index < -0.39 is 36.6 Å². The number of nitrogens with zero attached hydrogens (tertiary/aromatic N) is 4. The lowest BCUT2D eigenvalue weighted by Crippen LogP contribution is -2.30. The Balaban J connectivity index is 1.23. The van der Waals surface area contributed by atoms with Crippen LogP contribution in [0.1, 0.15) is 67.0 Å². The quantitative estimate of drug-likeness (QED) is 0.0679. The lowest BCUT2D eigenvalue weighted by molar-refractivity contribution is -0.115. The number of hydrogen-bond acceptors (Lipinski definition) is 11. The zero-order valence-corrected chi connectivity index (χ0v) is 31.1. The van der Waals surface area contributed by atoms with Gasteiger partial charge in [0.25, 0.3) is 0 Å². The van der Waals surface area contributed by atoms with Gasteiger partial charge in [-0.2, -0.15) is 5.10 Å². The summed E-state index contributed by atoms with van der Waals surface area (Å²) in [7, 11) is -3.75. The average molecular weight is 732 g/mol. The molecule has 0 aliphatic heterocycles. The van der Waals surface area contributed by atoms with Crippen molar-refractivity contribution >= 4 is 42.0 Å². The van der Waals surface area contributed by atoms with Gasteiger partial charge in [0.15, 0.2) is 17.5 Å². The Bertz CT molecular complexity index is 1790. The van der Waals surface area contributed by atoms with Gasteiger partial charge in [-0.05, 0) is 91.7 Å². The van der Waals surface area contributed by atoms with Crippen LogP contribution in [0.4, 0.5) is 26.1 Å². The Morgan fingerprint density at radius 1 is 0.961 bits per heavy atom. The number of H-pyrrole nitrogens is 1. The third-order valence-electron chi connectivity index (χ3n) is 7.07. The number of likely N-dealkylation sites (N-methyl/N-ethyl adjacent to an activating group) is 1. The number of hydrogen-bond donors (Lipinski definition) is 3. The van der Waals surface area contributed by atoms with E-state index >= 15 is 0 Å². The smallest absolute Gasteiger partial charge is 0.475 e. The maximum absolute atomic E-state index is 13.9. The SMILES string of the molecule is CCN(CCCCOc1ccc2c(Nc3cc(CC(=O)Nc4cccc(F)c4F)[nH]n3)ncnc2c1)CCOP(=O)(OC(C)(C)C)OC(C)(C)C. The molecule has 13 nitrogen and oxygen atoms in total. The Morgan fingerprint density at radius 3 is 2.41 bits per heavy atom. The van der Waals surface area contributed by atoms with Gasteiger partial charge < -0.3 is 20.3 Å². The zero-order chi connectivity index (χ0) is 37.2. The Labute approximate surface area is 297 Å². The van der Waals surface area contributed by atoms with Crippen LogP contribution < -0.4 is 15.4 Å². The predicted molar refractivity (Wildman–Crippen MR) is 192 cm³/mol. The largest absolute Gasteiger partial charge is 0.494 e. The number of ether oxygens (including phenoxy) is 1. The van der Waals surface area contributed by atoms with Crippen molar-refractivity contribution in [3.05, 3.63) is 66.1 Å². The van der Waals surface area contributed by atoms with Crippen LogP contribution in [-0.4, -0.2) is 75.0 Å². The van der Waals surface area contributed by atoms with Gasteiger partial charge in [0.05, 0.1) is 42.0 Å². The van der Waals surface area contributed by atoms with Crippen LogP contribution in [0, 0.1) is 11.6 Å². The molecule has 0 atom stereocenters. The van der Waals surface area contributed by atoms with E-state index in [1.54, 1.807) is 6.07 Å². The van der Waals surface area contributed by atoms with E-state index in [4.69, 9.17) is 18.3 Å². The highest BCUT2D eigenvalue weighted by Gasteiger charge is 2.37. The van der Waals surface area contributed by atoms with Crippen molar-refractivity contribution in [2.75, 3.05) is 43.5 Å². The third kappa shape index (κ3) is 12.9. The number of rotatable bonds is 18. The lowest BCUT2D eigenvalue weighted by Gasteiger charge is -2.31. The van der Waals surface area contributed by atoms with Gasteiger partial charge in [0, 0.05) is 29.8 Å². The first-order valence-corrected chi connectivity index (χ1v) is 18.3. The molecule has 278 valence electrons. The summed E-state index contributed by atoms with van der Waals surface area (Å²) < 4.78 is 63.7. The monoisotopic (exact) mass is 731 g/mol. The summed E-state index contributed by atoms with van der Waals surface area (Å²) >= 11 is 0. The van der Waals surface area contributed by atoms with Gasteiger partial charge >= 0.3 is 7.82 Å². The molecule has 0 bridgehead atoms. The normalized spacial score (nSPS) is 12.4. The molecule has 4 aromatic rings. The summed E-state index contributed by atoms with van der Waals surface area (Å²) in [5.74, 6) is -1.12. The number of benzene rings is 2. The number of halogens is 2. The standard InChI is InChI=1S/C35H48F2N7O6P/c1-8-44(17-19-48-51(46,49-34(2,3)4)50-35(5,6)7)16-9-10-18-47-25-14-15-26-29(22-25)38-23-39-33(26)41-30-20-24(42-43-30)21-31(45)40-28-13-11-12-27(36)32(28)37/h11-15,20,22-23H,8-10,16-19,21H2,1-7H3,(H,40,45)(H2,38,39,41,42,43). The second kappa shape index (κ2) is 17.5. The summed E-state index contributed by atoms with van der Waals surface area (Å²) in [6.07, 6.45) is 3.00. The van der Waals surface area contributed by atoms with Crippen molar-refractivity contribution in [3.8, 4) is 5.75 Å². The second-order valence-electron chi connectivity index (χ2n) is 13.8. The summed E-state index contributed by atoms with van der Waals surface area (Å²) in [4.78, 5) is 23.3. The van der Waals surface area contributed by atoms with Crippen molar-refractivity contribution in [1.82, 2.24) is 25.1 Å². The van der Waals surface area contributed by atoms with Crippen molar-refractivity contribution < 1.29 is 36.4 Å². The highest BCUT2D eigenvalue weighted by Crippen LogP contribution is 2.55. The molecule has 0 fully saturated rings. The number of anilines is 3. The number of nitrogens with one attached hydrogen (secondary N) is 3. The number of carbonyl (C=O) groups excluding carboxylic acids is 1. The van der Waals surface area contributed by atoms with Crippen LogP contribution in [0.25, 0.3) is 10.9 Å². The molecular weight excluding hydrogens is 683 g/mol. The maximum Gasteiger partial charge on any atom is 0.475 e. The number of phosphoric acid groups is 1. The van der Waals surface area contributed by atoms with E-state index in [2.05, 4.69) is 42.6 Å². The Hall–Kier alpha value is -4.01. The van der Waals surface area contributed by atoms with Crippen molar-refractivity contribution in [2.45, 2.75) is 78.9 Å². The fraction of sp³-hybridized carbons (Fsp3) is 0.486. The first-order valence-electron chi connectivity index (χ1n) is 16.8. The molecule has 16 heteroatoms. The number of unbranched alkanes of at least 4 members (excludes halogenated alkanes) is 1. The number of amides is 1. The topological polar surface area (TPSA) is 153 Å². The molecule has 0 saturated heterocycles. The number of carbonyl (C=O) groups is 1. The summed E-state index contributed by atoms with van der Waals surface area (Å²) in [5.41, 5.74) is -0.488. The van der Waals surface area contributed by atoms with Crippen LogP contribution >= 0.6 is 7.82 Å². The van der Waals surface area contributed by atoms with Crippen LogP contribution in [-0.2, 0) is 29.4 Å². The van der Waals surface area contributed by atoms with Gasteiger partial charge in [0.1, 0.15) is 17.9 Å². The molecule has 4 rings (SSSR count). The molecule has 0 aliphatic rings. The molecule has 0 unspecified atom stereocenters. The lowest BCUT2D eigenvalue weighted by atomic mass is 10.2. The van der Waals surface area contributed by atoms with Crippen LogP contribution in [0.15, 0.2) is 48.8 Å². The minimum Gasteiger partial charge on any atom is -0.494 e. The summed E-state index contributed by atoms with van der Waals surface area (Å²) in [6.45, 7) is 15.9. The molecule has 1 amide bonds. The van der Waals surface area contributed by atoms with Gasteiger partial charge in [0.2, 0.25) is 5.91 Å². The first-order chi connectivity index (χ1) is 24.0.